The highest BCUT2D eigenvalue weighted by atomic mass is 32.2. The molecule has 0 atom stereocenters. The van der Waals surface area contributed by atoms with Crippen LogP contribution in [0.5, 0.6) is 0 Å². The Labute approximate surface area is 155 Å². The standard InChI is InChI=1S/C18H29N3O2S2/c1-2-3-4-5-6-7-8-9-10-11-15-19-25(22,23)17-14-12-13-16-18(17)21-24-20-16/h12-14,19H,2-11,15H2,1H3. The lowest BCUT2D eigenvalue weighted by atomic mass is 10.1. The van der Waals surface area contributed by atoms with Crippen LogP contribution >= 0.6 is 11.7 Å². The largest absolute Gasteiger partial charge is 0.242 e. The minimum absolute atomic E-state index is 0.228. The maximum atomic E-state index is 12.4. The molecule has 0 radical (unpaired) electrons. The minimum atomic E-state index is -3.51. The Hall–Kier alpha value is -1.05. The van der Waals surface area contributed by atoms with Gasteiger partial charge in [-0.1, -0.05) is 70.8 Å². The molecule has 0 fully saturated rings. The van der Waals surface area contributed by atoms with E-state index in [0.717, 1.165) is 24.6 Å². The third-order valence-corrected chi connectivity index (χ3v) is 6.40. The summed E-state index contributed by atoms with van der Waals surface area (Å²) in [5, 5.41) is 0. The van der Waals surface area contributed by atoms with Gasteiger partial charge >= 0.3 is 0 Å². The number of aromatic nitrogens is 2. The van der Waals surface area contributed by atoms with Crippen molar-refractivity contribution < 1.29 is 8.42 Å². The fourth-order valence-electron chi connectivity index (χ4n) is 2.89. The van der Waals surface area contributed by atoms with Gasteiger partial charge in [0.1, 0.15) is 15.9 Å². The lowest BCUT2D eigenvalue weighted by Crippen LogP contribution is -2.25. The van der Waals surface area contributed by atoms with Gasteiger partial charge in [0, 0.05) is 6.54 Å². The number of hydrogen-bond acceptors (Lipinski definition) is 5. The van der Waals surface area contributed by atoms with E-state index in [1.165, 1.54) is 51.4 Å². The van der Waals surface area contributed by atoms with E-state index in [2.05, 4.69) is 20.4 Å². The van der Waals surface area contributed by atoms with Crippen LogP contribution in [0, 0.1) is 0 Å². The molecule has 0 saturated heterocycles. The Bertz CT molecular complexity index is 729. The van der Waals surface area contributed by atoms with Gasteiger partial charge in [0.05, 0.1) is 11.7 Å². The smallest absolute Gasteiger partial charge is 0.211 e. The summed E-state index contributed by atoms with van der Waals surface area (Å²) < 4.78 is 35.7. The van der Waals surface area contributed by atoms with Crippen molar-refractivity contribution in [1.82, 2.24) is 13.5 Å². The van der Waals surface area contributed by atoms with Gasteiger partial charge in [-0.3, -0.25) is 0 Å². The van der Waals surface area contributed by atoms with Crippen molar-refractivity contribution in [1.29, 1.82) is 0 Å². The second kappa shape index (κ2) is 10.8. The molecule has 140 valence electrons. The molecule has 0 saturated carbocycles. The molecule has 0 aliphatic rings. The van der Waals surface area contributed by atoms with Gasteiger partial charge in [0.2, 0.25) is 10.0 Å². The molecule has 1 aromatic carbocycles. The summed E-state index contributed by atoms with van der Waals surface area (Å²) in [5.74, 6) is 0. The number of hydrogen-bond donors (Lipinski definition) is 1. The molecule has 1 N–H and O–H groups in total. The zero-order valence-corrected chi connectivity index (χ0v) is 16.7. The molecule has 0 aliphatic carbocycles. The van der Waals surface area contributed by atoms with E-state index in [9.17, 15) is 8.42 Å². The van der Waals surface area contributed by atoms with Crippen molar-refractivity contribution in [3.05, 3.63) is 18.2 Å². The normalized spacial score (nSPS) is 12.0. The predicted molar refractivity (Wildman–Crippen MR) is 104 cm³/mol. The van der Waals surface area contributed by atoms with E-state index in [0.29, 0.717) is 17.6 Å². The molecular weight excluding hydrogens is 354 g/mol. The first-order valence-corrected chi connectivity index (χ1v) is 11.6. The van der Waals surface area contributed by atoms with E-state index in [1.807, 2.05) is 0 Å². The second-order valence-electron chi connectivity index (χ2n) is 6.47. The quantitative estimate of drug-likeness (QED) is 0.500. The van der Waals surface area contributed by atoms with Crippen LogP contribution in [0.3, 0.4) is 0 Å². The Balaban J connectivity index is 1.62. The van der Waals surface area contributed by atoms with Crippen LogP contribution in [0.15, 0.2) is 23.1 Å². The molecule has 0 aliphatic heterocycles. The van der Waals surface area contributed by atoms with Gasteiger partial charge in [-0.15, -0.1) is 0 Å². The number of nitrogens with one attached hydrogen (secondary N) is 1. The summed E-state index contributed by atoms with van der Waals surface area (Å²) in [6.07, 6.45) is 12.4. The Kier molecular flexibility index (Phi) is 8.78. The van der Waals surface area contributed by atoms with Crippen LogP contribution in [0.1, 0.15) is 71.1 Å². The Morgan fingerprint density at radius 2 is 1.56 bits per heavy atom. The second-order valence-corrected chi connectivity index (χ2v) is 8.73. The number of rotatable bonds is 13. The van der Waals surface area contributed by atoms with E-state index < -0.39 is 10.0 Å². The highest BCUT2D eigenvalue weighted by Gasteiger charge is 2.18. The molecule has 25 heavy (non-hydrogen) atoms. The van der Waals surface area contributed by atoms with Crippen molar-refractivity contribution in [2.75, 3.05) is 6.54 Å². The van der Waals surface area contributed by atoms with Crippen LogP contribution in [-0.2, 0) is 10.0 Å². The first-order valence-electron chi connectivity index (χ1n) is 9.36. The highest BCUT2D eigenvalue weighted by molar-refractivity contribution is 7.89. The maximum absolute atomic E-state index is 12.4. The van der Waals surface area contributed by atoms with Gasteiger partial charge in [-0.2, -0.15) is 8.75 Å². The molecule has 0 amide bonds. The van der Waals surface area contributed by atoms with Crippen LogP contribution in [0.25, 0.3) is 11.0 Å². The molecule has 1 heterocycles. The van der Waals surface area contributed by atoms with Crippen molar-refractivity contribution in [3.63, 3.8) is 0 Å². The van der Waals surface area contributed by atoms with Crippen molar-refractivity contribution in [2.45, 2.75) is 76.0 Å². The van der Waals surface area contributed by atoms with Gasteiger partial charge in [0.25, 0.3) is 0 Å². The zero-order valence-electron chi connectivity index (χ0n) is 15.0. The SMILES string of the molecule is CCCCCCCCCCCCNS(=O)(=O)c1cccc2nsnc12. The first kappa shape index (κ1) is 20.3. The number of benzene rings is 1. The first-order chi connectivity index (χ1) is 12.1. The zero-order chi connectivity index (χ0) is 18.0. The van der Waals surface area contributed by atoms with E-state index in [4.69, 9.17) is 0 Å². The lowest BCUT2D eigenvalue weighted by Gasteiger charge is -2.07. The number of fused-ring (bicyclic) bond motifs is 1. The van der Waals surface area contributed by atoms with Crippen LogP contribution < -0.4 is 4.72 Å². The molecular formula is C18H29N3O2S2. The molecule has 0 spiro atoms. The minimum Gasteiger partial charge on any atom is -0.211 e. The summed E-state index contributed by atoms with van der Waals surface area (Å²) >= 11 is 1.04. The molecule has 1 aromatic heterocycles. The predicted octanol–water partition coefficient (Wildman–Crippen LogP) is 4.89. The van der Waals surface area contributed by atoms with Crippen molar-refractivity contribution in [3.8, 4) is 0 Å². The monoisotopic (exact) mass is 383 g/mol. The molecule has 2 rings (SSSR count). The van der Waals surface area contributed by atoms with E-state index in [1.54, 1.807) is 18.2 Å². The average Bonchev–Trinajstić information content (AvgIpc) is 3.08. The number of unbranched alkanes of at least 4 members (excludes halogenated alkanes) is 9. The van der Waals surface area contributed by atoms with Crippen LogP contribution in [-0.4, -0.2) is 23.7 Å². The topological polar surface area (TPSA) is 72.0 Å². The molecule has 5 nitrogen and oxygen atoms in total. The van der Waals surface area contributed by atoms with Crippen molar-refractivity contribution in [2.24, 2.45) is 0 Å². The van der Waals surface area contributed by atoms with Gasteiger partial charge in [-0.05, 0) is 18.6 Å². The maximum Gasteiger partial charge on any atom is 0.242 e. The summed E-state index contributed by atoms with van der Waals surface area (Å²) in [6.45, 7) is 2.72. The van der Waals surface area contributed by atoms with Crippen LogP contribution in [0.4, 0.5) is 0 Å². The molecule has 7 heteroatoms. The lowest BCUT2D eigenvalue weighted by molar-refractivity contribution is 0.549. The fourth-order valence-corrected chi connectivity index (χ4v) is 4.73. The molecule has 0 bridgehead atoms. The molecule has 0 unspecified atom stereocenters. The number of sulfonamides is 1. The van der Waals surface area contributed by atoms with Crippen LogP contribution in [0.2, 0.25) is 0 Å². The average molecular weight is 384 g/mol. The Morgan fingerprint density at radius 1 is 0.920 bits per heavy atom. The van der Waals surface area contributed by atoms with E-state index >= 15 is 0 Å². The summed E-state index contributed by atoms with van der Waals surface area (Å²) in [7, 11) is -3.51. The highest BCUT2D eigenvalue weighted by Crippen LogP contribution is 2.20. The summed E-state index contributed by atoms with van der Waals surface area (Å²) in [6, 6.07) is 5.07. The van der Waals surface area contributed by atoms with E-state index in [-0.39, 0.29) is 4.90 Å². The summed E-state index contributed by atoms with van der Waals surface area (Å²) in [5.41, 5.74) is 1.09. The Morgan fingerprint density at radius 3 is 2.24 bits per heavy atom. The third kappa shape index (κ3) is 6.64. The van der Waals surface area contributed by atoms with Gasteiger partial charge < -0.3 is 0 Å². The molecule has 2 aromatic rings. The van der Waals surface area contributed by atoms with Crippen molar-refractivity contribution >= 4 is 32.8 Å². The third-order valence-electron chi connectivity index (χ3n) is 4.36. The number of nitrogens with zero attached hydrogens (tertiary/aromatic N) is 2. The summed E-state index contributed by atoms with van der Waals surface area (Å²) in [4.78, 5) is 0.228. The fraction of sp³-hybridized carbons (Fsp3) is 0.667. The van der Waals surface area contributed by atoms with Gasteiger partial charge in [0.15, 0.2) is 0 Å². The van der Waals surface area contributed by atoms with Gasteiger partial charge in [-0.25, -0.2) is 13.1 Å².